The van der Waals surface area contributed by atoms with Gasteiger partial charge in [-0.05, 0) is 58.2 Å². The summed E-state index contributed by atoms with van der Waals surface area (Å²) >= 11 is 0. The lowest BCUT2D eigenvalue weighted by atomic mass is 9.58. The van der Waals surface area contributed by atoms with Gasteiger partial charge in [0.25, 0.3) is 0 Å². The highest BCUT2D eigenvalue weighted by Crippen LogP contribution is 2.71. The number of hydrogen-bond donors (Lipinski definition) is 0. The summed E-state index contributed by atoms with van der Waals surface area (Å²) in [6.45, 7) is 0. The Morgan fingerprint density at radius 3 is 2.03 bits per heavy atom. The molecule has 4 aromatic rings. The summed E-state index contributed by atoms with van der Waals surface area (Å²) in [6, 6.07) is 39.1. The third kappa shape index (κ3) is 1.84. The average molecular weight is 385 g/mol. The topological polar surface area (TPSA) is 0 Å². The zero-order valence-corrected chi connectivity index (χ0v) is 17.0. The maximum Gasteiger partial charge on any atom is 0.0209 e. The van der Waals surface area contributed by atoms with Crippen molar-refractivity contribution in [2.75, 3.05) is 0 Å². The van der Waals surface area contributed by atoms with Crippen LogP contribution in [-0.4, -0.2) is 0 Å². The summed E-state index contributed by atoms with van der Waals surface area (Å²) in [5.74, 6) is 0.456. The Morgan fingerprint density at radius 1 is 0.567 bits per heavy atom. The molecule has 0 saturated carbocycles. The largest absolute Gasteiger partial charge is 0.0622 e. The SMILES string of the molecule is c1ccc(C[C@]23Cc4ccccc4[C@]24Cc2ccccc2[C@@H]4c2ccccc23)cc1. The van der Waals surface area contributed by atoms with Gasteiger partial charge < -0.3 is 0 Å². The van der Waals surface area contributed by atoms with E-state index in [0.29, 0.717) is 5.92 Å². The van der Waals surface area contributed by atoms with Crippen molar-refractivity contribution in [2.45, 2.75) is 36.0 Å². The fourth-order valence-corrected chi connectivity index (χ4v) is 7.40. The highest BCUT2D eigenvalue weighted by molar-refractivity contribution is 5.68. The molecule has 0 aromatic heterocycles. The van der Waals surface area contributed by atoms with Gasteiger partial charge in [-0.1, -0.05) is 103 Å². The third-order valence-electron chi connectivity index (χ3n) is 8.31. The smallest absolute Gasteiger partial charge is 0.0209 e. The van der Waals surface area contributed by atoms with Gasteiger partial charge >= 0.3 is 0 Å². The first-order valence-electron chi connectivity index (χ1n) is 11.1. The number of rotatable bonds is 2. The molecule has 0 unspecified atom stereocenters. The molecule has 0 fully saturated rings. The molecule has 3 aliphatic rings. The van der Waals surface area contributed by atoms with E-state index in [1.807, 2.05) is 0 Å². The zero-order chi connectivity index (χ0) is 19.8. The lowest BCUT2D eigenvalue weighted by Crippen LogP contribution is -2.46. The van der Waals surface area contributed by atoms with Crippen molar-refractivity contribution >= 4 is 0 Å². The molecule has 3 aliphatic carbocycles. The highest BCUT2D eigenvalue weighted by atomic mass is 14.7. The van der Waals surface area contributed by atoms with E-state index >= 15 is 0 Å². The summed E-state index contributed by atoms with van der Waals surface area (Å²) < 4.78 is 0. The van der Waals surface area contributed by atoms with Crippen LogP contribution in [0.3, 0.4) is 0 Å². The van der Waals surface area contributed by atoms with Gasteiger partial charge in [-0.15, -0.1) is 0 Å². The van der Waals surface area contributed by atoms with E-state index in [1.165, 1.54) is 5.56 Å². The van der Waals surface area contributed by atoms with Crippen molar-refractivity contribution in [1.29, 1.82) is 0 Å². The molecule has 1 spiro atoms. The fraction of sp³-hybridized carbons (Fsp3) is 0.200. The van der Waals surface area contributed by atoms with Crippen molar-refractivity contribution in [3.63, 3.8) is 0 Å². The summed E-state index contributed by atoms with van der Waals surface area (Å²) in [6.07, 6.45) is 3.38. The van der Waals surface area contributed by atoms with Crippen LogP contribution in [0.2, 0.25) is 0 Å². The van der Waals surface area contributed by atoms with Gasteiger partial charge in [0.05, 0.1) is 0 Å². The maximum absolute atomic E-state index is 2.44. The van der Waals surface area contributed by atoms with Gasteiger partial charge in [0.1, 0.15) is 0 Å². The number of benzene rings is 4. The molecule has 0 nitrogen and oxygen atoms in total. The second-order valence-electron chi connectivity index (χ2n) is 9.45. The molecule has 3 atom stereocenters. The molecule has 0 aliphatic heterocycles. The highest BCUT2D eigenvalue weighted by Gasteiger charge is 2.69. The molecular formula is C30H24. The Kier molecular flexibility index (Phi) is 3.18. The van der Waals surface area contributed by atoms with E-state index in [-0.39, 0.29) is 10.8 Å². The van der Waals surface area contributed by atoms with Crippen molar-refractivity contribution in [3.05, 3.63) is 142 Å². The Balaban J connectivity index is 1.58. The molecule has 0 heteroatoms. The monoisotopic (exact) mass is 384 g/mol. The Bertz CT molecular complexity index is 1280. The molecule has 0 heterocycles. The molecule has 144 valence electrons. The fourth-order valence-electron chi connectivity index (χ4n) is 7.40. The van der Waals surface area contributed by atoms with E-state index < -0.39 is 0 Å². The normalized spacial score (nSPS) is 27.1. The van der Waals surface area contributed by atoms with Crippen molar-refractivity contribution < 1.29 is 0 Å². The predicted octanol–water partition coefficient (Wildman–Crippen LogP) is 6.36. The Morgan fingerprint density at radius 2 is 1.20 bits per heavy atom. The van der Waals surface area contributed by atoms with Crippen LogP contribution in [0.15, 0.2) is 103 Å². The second-order valence-corrected chi connectivity index (χ2v) is 9.45. The van der Waals surface area contributed by atoms with E-state index in [1.54, 1.807) is 33.4 Å². The van der Waals surface area contributed by atoms with Crippen LogP contribution in [-0.2, 0) is 30.1 Å². The van der Waals surface area contributed by atoms with Crippen molar-refractivity contribution in [2.24, 2.45) is 0 Å². The van der Waals surface area contributed by atoms with Crippen LogP contribution >= 0.6 is 0 Å². The quantitative estimate of drug-likeness (QED) is 0.377. The average Bonchev–Trinajstić information content (AvgIpc) is 3.35. The molecule has 0 N–H and O–H groups in total. The van der Waals surface area contributed by atoms with Gasteiger partial charge in [-0.3, -0.25) is 0 Å². The molecule has 7 rings (SSSR count). The summed E-state index contributed by atoms with van der Waals surface area (Å²) in [4.78, 5) is 0. The first-order valence-corrected chi connectivity index (χ1v) is 11.1. The molecule has 0 saturated heterocycles. The van der Waals surface area contributed by atoms with Crippen molar-refractivity contribution in [1.82, 2.24) is 0 Å². The first-order chi connectivity index (χ1) is 14.8. The Labute approximate surface area is 178 Å². The predicted molar refractivity (Wildman–Crippen MR) is 122 cm³/mol. The standard InChI is InChI=1S/C30H24/c1-2-10-21(11-3-1)18-29-19-23-13-5-8-16-26(23)30(29)20-22-12-4-6-14-24(22)28(30)25-15-7-9-17-27(25)29/h1-17,28H,18-20H2/t28-,29-,30+/m1/s1. The van der Waals surface area contributed by atoms with Crippen molar-refractivity contribution in [3.8, 4) is 0 Å². The summed E-state index contributed by atoms with van der Waals surface area (Å²) in [7, 11) is 0. The minimum atomic E-state index is 0.109. The molecule has 0 bridgehead atoms. The van der Waals surface area contributed by atoms with Crippen LogP contribution in [0.4, 0.5) is 0 Å². The van der Waals surface area contributed by atoms with Gasteiger partial charge in [0.15, 0.2) is 0 Å². The van der Waals surface area contributed by atoms with E-state index in [4.69, 9.17) is 0 Å². The zero-order valence-electron chi connectivity index (χ0n) is 17.0. The molecule has 0 radical (unpaired) electrons. The van der Waals surface area contributed by atoms with Crippen LogP contribution in [0.25, 0.3) is 0 Å². The maximum atomic E-state index is 2.44. The molecule has 4 aromatic carbocycles. The van der Waals surface area contributed by atoms with Gasteiger partial charge in [-0.25, -0.2) is 0 Å². The number of fused-ring (bicyclic) bond motifs is 6. The first kappa shape index (κ1) is 16.7. The lowest BCUT2D eigenvalue weighted by molar-refractivity contribution is 0.249. The van der Waals surface area contributed by atoms with E-state index in [0.717, 1.165) is 19.3 Å². The van der Waals surface area contributed by atoms with E-state index in [2.05, 4.69) is 103 Å². The van der Waals surface area contributed by atoms with Gasteiger partial charge in [-0.2, -0.15) is 0 Å². The molecular weight excluding hydrogens is 360 g/mol. The summed E-state index contributed by atoms with van der Waals surface area (Å²) in [5.41, 5.74) is 11.1. The summed E-state index contributed by atoms with van der Waals surface area (Å²) in [5, 5.41) is 0. The lowest BCUT2D eigenvalue weighted by Gasteiger charge is -2.43. The van der Waals surface area contributed by atoms with Crippen LogP contribution in [0.5, 0.6) is 0 Å². The van der Waals surface area contributed by atoms with E-state index in [9.17, 15) is 0 Å². The van der Waals surface area contributed by atoms with Crippen LogP contribution < -0.4 is 0 Å². The van der Waals surface area contributed by atoms with Gasteiger partial charge in [0.2, 0.25) is 0 Å². The van der Waals surface area contributed by atoms with Crippen LogP contribution in [0, 0.1) is 0 Å². The van der Waals surface area contributed by atoms with Gasteiger partial charge in [0, 0.05) is 16.7 Å². The number of hydrogen-bond acceptors (Lipinski definition) is 0. The minimum Gasteiger partial charge on any atom is -0.0622 e. The molecule has 30 heavy (non-hydrogen) atoms. The van der Waals surface area contributed by atoms with Crippen LogP contribution in [0.1, 0.15) is 44.9 Å². The molecule has 0 amide bonds. The third-order valence-corrected chi connectivity index (χ3v) is 8.31. The second kappa shape index (κ2) is 5.73. The minimum absolute atomic E-state index is 0.109. The Hall–Kier alpha value is -3.12.